The van der Waals surface area contributed by atoms with E-state index in [1.54, 1.807) is 18.2 Å². The van der Waals surface area contributed by atoms with Crippen LogP contribution in [0, 0.1) is 0 Å². The number of hydrogen-bond acceptors (Lipinski definition) is 2. The standard InChI is InChI=1S/C8H9NO2.ClH/c1-11-8(10)6-3-2-4-7(9)5-6;/h2-5H,9H2,1H3;1H. The molecule has 0 amide bonds. The van der Waals surface area contributed by atoms with E-state index in [0.29, 0.717) is 5.56 Å². The van der Waals surface area contributed by atoms with Crippen molar-refractivity contribution >= 4 is 11.7 Å². The number of hydrogen-bond donors (Lipinski definition) is 1. The molecular weight excluding hydrogens is 178 g/mol. The molecule has 4 heteroatoms. The second-order valence-electron chi connectivity index (χ2n) is 2.19. The first-order valence-electron chi connectivity index (χ1n) is 3.24. The molecule has 0 heterocycles. The van der Waals surface area contributed by atoms with Crippen molar-refractivity contribution in [3.8, 4) is 0 Å². The van der Waals surface area contributed by atoms with Crippen LogP contribution >= 0.6 is 0 Å². The highest BCUT2D eigenvalue weighted by Crippen LogP contribution is 2.05. The Kier molecular flexibility index (Phi) is 4.33. The molecular formula is C8H10ClNO2. The van der Waals surface area contributed by atoms with Gasteiger partial charge in [-0.25, -0.2) is 4.79 Å². The Bertz CT molecular complexity index is 276. The number of halogens is 1. The molecule has 0 saturated heterocycles. The highest BCUT2D eigenvalue weighted by Gasteiger charge is 2.04. The van der Waals surface area contributed by atoms with Crippen molar-refractivity contribution in [1.82, 2.24) is 0 Å². The van der Waals surface area contributed by atoms with E-state index in [9.17, 15) is 4.79 Å². The fraction of sp³-hybridized carbons (Fsp3) is 0.125. The number of carbonyl (C=O) groups excluding carboxylic acids is 1. The zero-order valence-electron chi connectivity index (χ0n) is 6.71. The fourth-order valence-corrected chi connectivity index (χ4v) is 0.816. The molecule has 0 aliphatic rings. The maximum absolute atomic E-state index is 10.9. The molecule has 0 fully saturated rings. The quantitative estimate of drug-likeness (QED) is 0.489. The van der Waals surface area contributed by atoms with Crippen LogP contribution in [0.4, 0.5) is 5.69 Å². The number of methoxy groups -OCH3 is 1. The molecule has 0 atom stereocenters. The molecule has 0 unspecified atom stereocenters. The molecule has 0 radical (unpaired) electrons. The molecule has 0 saturated carbocycles. The Morgan fingerprint density at radius 3 is 2.67 bits per heavy atom. The summed E-state index contributed by atoms with van der Waals surface area (Å²) in [6.07, 6.45) is 0. The van der Waals surface area contributed by atoms with E-state index >= 15 is 0 Å². The van der Waals surface area contributed by atoms with Crippen LogP contribution in [0.15, 0.2) is 24.3 Å². The van der Waals surface area contributed by atoms with Gasteiger partial charge in [0.1, 0.15) is 5.69 Å². The molecule has 0 bridgehead atoms. The number of benzene rings is 1. The Morgan fingerprint density at radius 1 is 1.50 bits per heavy atom. The van der Waals surface area contributed by atoms with Gasteiger partial charge >= 0.3 is 5.97 Å². The largest absolute Gasteiger partial charge is 1.00 e. The van der Waals surface area contributed by atoms with Crippen LogP contribution in [-0.4, -0.2) is 13.1 Å². The molecule has 0 aliphatic heterocycles. The van der Waals surface area contributed by atoms with Crippen molar-refractivity contribution < 1.29 is 27.7 Å². The van der Waals surface area contributed by atoms with Crippen LogP contribution in [0.1, 0.15) is 10.4 Å². The smallest absolute Gasteiger partial charge is 0.338 e. The maximum atomic E-state index is 10.9. The van der Waals surface area contributed by atoms with Crippen LogP contribution < -0.4 is 18.1 Å². The van der Waals surface area contributed by atoms with Crippen molar-refractivity contribution in [3.05, 3.63) is 29.8 Å². The van der Waals surface area contributed by atoms with Crippen LogP contribution in [0.5, 0.6) is 0 Å². The van der Waals surface area contributed by atoms with Crippen LogP contribution in [0.25, 0.3) is 0 Å². The van der Waals surface area contributed by atoms with Gasteiger partial charge < -0.3 is 22.9 Å². The van der Waals surface area contributed by atoms with Gasteiger partial charge in [-0.2, -0.15) is 0 Å². The van der Waals surface area contributed by atoms with Crippen molar-refractivity contribution in [3.63, 3.8) is 0 Å². The molecule has 66 valence electrons. The van der Waals surface area contributed by atoms with Gasteiger partial charge in [-0.3, -0.25) is 0 Å². The summed E-state index contributed by atoms with van der Waals surface area (Å²) >= 11 is 0. The van der Waals surface area contributed by atoms with Crippen molar-refractivity contribution in [1.29, 1.82) is 0 Å². The molecule has 3 N–H and O–H groups in total. The van der Waals surface area contributed by atoms with Gasteiger partial charge in [0.15, 0.2) is 0 Å². The minimum Gasteiger partial charge on any atom is -1.00 e. The second kappa shape index (κ2) is 4.74. The summed E-state index contributed by atoms with van der Waals surface area (Å²) in [5, 5.41) is 0. The van der Waals surface area contributed by atoms with Crippen LogP contribution in [0.3, 0.4) is 0 Å². The summed E-state index contributed by atoms with van der Waals surface area (Å²) in [4.78, 5) is 10.9. The zero-order valence-corrected chi connectivity index (χ0v) is 7.47. The van der Waals surface area contributed by atoms with Gasteiger partial charge in [0, 0.05) is 6.07 Å². The molecule has 0 spiro atoms. The SMILES string of the molecule is COC(=O)c1cccc([NH3+])c1.[Cl-]. The topological polar surface area (TPSA) is 53.9 Å². The Labute approximate surface area is 76.9 Å². The summed E-state index contributed by atoms with van der Waals surface area (Å²) < 4.78 is 4.52. The molecule has 1 rings (SSSR count). The van der Waals surface area contributed by atoms with Crippen molar-refractivity contribution in [2.75, 3.05) is 7.11 Å². The summed E-state index contributed by atoms with van der Waals surface area (Å²) in [5.74, 6) is -0.324. The third-order valence-corrected chi connectivity index (χ3v) is 1.35. The number of ether oxygens (including phenoxy) is 1. The van der Waals surface area contributed by atoms with E-state index in [0.717, 1.165) is 5.69 Å². The minimum absolute atomic E-state index is 0. The van der Waals surface area contributed by atoms with Gasteiger partial charge in [-0.15, -0.1) is 0 Å². The highest BCUT2D eigenvalue weighted by atomic mass is 35.5. The summed E-state index contributed by atoms with van der Waals surface area (Å²) in [5.41, 5.74) is 5.04. The predicted molar refractivity (Wildman–Crippen MR) is 40.3 cm³/mol. The van der Waals surface area contributed by atoms with Gasteiger partial charge in [0.25, 0.3) is 0 Å². The fourth-order valence-electron chi connectivity index (χ4n) is 0.816. The Morgan fingerprint density at radius 2 is 2.17 bits per heavy atom. The minimum atomic E-state index is -0.324. The number of quaternary nitrogens is 1. The predicted octanol–water partition coefficient (Wildman–Crippen LogP) is -2.65. The Balaban J connectivity index is 0.00000121. The van der Waals surface area contributed by atoms with Gasteiger partial charge in [-0.1, -0.05) is 6.07 Å². The first-order valence-corrected chi connectivity index (χ1v) is 3.24. The molecule has 3 nitrogen and oxygen atoms in total. The average Bonchev–Trinajstić information content (AvgIpc) is 2.03. The van der Waals surface area contributed by atoms with Gasteiger partial charge in [-0.05, 0) is 12.1 Å². The van der Waals surface area contributed by atoms with E-state index in [1.807, 2.05) is 6.07 Å². The number of rotatable bonds is 1. The van der Waals surface area contributed by atoms with E-state index in [-0.39, 0.29) is 18.4 Å². The summed E-state index contributed by atoms with van der Waals surface area (Å²) in [6, 6.07) is 6.98. The maximum Gasteiger partial charge on any atom is 0.338 e. The number of esters is 1. The summed E-state index contributed by atoms with van der Waals surface area (Å²) in [6.45, 7) is 0. The summed E-state index contributed by atoms with van der Waals surface area (Å²) in [7, 11) is 1.36. The van der Waals surface area contributed by atoms with Crippen LogP contribution in [0.2, 0.25) is 0 Å². The van der Waals surface area contributed by atoms with E-state index < -0.39 is 0 Å². The normalized spacial score (nSPS) is 8.50. The lowest BCUT2D eigenvalue weighted by atomic mass is 10.2. The van der Waals surface area contributed by atoms with Gasteiger partial charge in [0.2, 0.25) is 0 Å². The average molecular weight is 188 g/mol. The molecule has 0 aliphatic carbocycles. The monoisotopic (exact) mass is 187 g/mol. The molecule has 12 heavy (non-hydrogen) atoms. The highest BCUT2D eigenvalue weighted by molar-refractivity contribution is 5.89. The number of carbonyl (C=O) groups is 1. The lowest BCUT2D eigenvalue weighted by molar-refractivity contribution is -0.254. The van der Waals surface area contributed by atoms with E-state index in [2.05, 4.69) is 10.5 Å². The third-order valence-electron chi connectivity index (χ3n) is 1.35. The lowest BCUT2D eigenvalue weighted by Crippen LogP contribution is -3.00. The van der Waals surface area contributed by atoms with Crippen molar-refractivity contribution in [2.24, 2.45) is 0 Å². The lowest BCUT2D eigenvalue weighted by Gasteiger charge is -1.96. The molecule has 1 aromatic carbocycles. The Hall–Kier alpha value is -1.06. The third kappa shape index (κ3) is 2.53. The van der Waals surface area contributed by atoms with Gasteiger partial charge in [0.05, 0.1) is 12.7 Å². The molecule has 1 aromatic rings. The van der Waals surface area contributed by atoms with Crippen LogP contribution in [-0.2, 0) is 4.74 Å². The first kappa shape index (κ1) is 10.9. The van der Waals surface area contributed by atoms with E-state index in [1.165, 1.54) is 7.11 Å². The van der Waals surface area contributed by atoms with Crippen molar-refractivity contribution in [2.45, 2.75) is 0 Å². The van der Waals surface area contributed by atoms with E-state index in [4.69, 9.17) is 0 Å². The zero-order chi connectivity index (χ0) is 8.27. The molecule has 0 aromatic heterocycles. The first-order chi connectivity index (χ1) is 5.24. The second-order valence-corrected chi connectivity index (χ2v) is 2.19.